The summed E-state index contributed by atoms with van der Waals surface area (Å²) in [6.45, 7) is 2.29. The third kappa shape index (κ3) is 5.07. The van der Waals surface area contributed by atoms with E-state index < -0.39 is 10.2 Å². The maximum atomic E-state index is 12.2. The Morgan fingerprint density at radius 1 is 1.19 bits per heavy atom. The van der Waals surface area contributed by atoms with E-state index in [2.05, 4.69) is 16.9 Å². The summed E-state index contributed by atoms with van der Waals surface area (Å²) in [6.07, 6.45) is 3.42. The Morgan fingerprint density at radius 3 is 2.48 bits per heavy atom. The Bertz CT molecular complexity index is 511. The minimum atomic E-state index is -3.33. The van der Waals surface area contributed by atoms with Crippen LogP contribution in [0.3, 0.4) is 0 Å². The molecule has 0 spiro atoms. The van der Waals surface area contributed by atoms with Crippen LogP contribution in [0.2, 0.25) is 0 Å². The lowest BCUT2D eigenvalue weighted by Gasteiger charge is -2.30. The fourth-order valence-corrected chi connectivity index (χ4v) is 3.89. The van der Waals surface area contributed by atoms with Crippen molar-refractivity contribution in [2.45, 2.75) is 25.7 Å². The van der Waals surface area contributed by atoms with Crippen molar-refractivity contribution in [2.75, 3.05) is 26.2 Å². The molecule has 6 heteroatoms. The quantitative estimate of drug-likeness (QED) is 0.741. The predicted molar refractivity (Wildman–Crippen MR) is 85.0 cm³/mol. The molecule has 1 aliphatic heterocycles. The molecular weight excluding hydrogens is 286 g/mol. The van der Waals surface area contributed by atoms with E-state index in [-0.39, 0.29) is 0 Å². The number of aryl methyl sites for hydroxylation is 1. The predicted octanol–water partition coefficient (Wildman–Crippen LogP) is 1.12. The van der Waals surface area contributed by atoms with Crippen LogP contribution in [0.5, 0.6) is 0 Å². The van der Waals surface area contributed by atoms with Gasteiger partial charge in [0.1, 0.15) is 0 Å². The Labute approximate surface area is 127 Å². The minimum absolute atomic E-state index is 0.467. The molecule has 0 saturated carbocycles. The van der Waals surface area contributed by atoms with Crippen molar-refractivity contribution in [3.05, 3.63) is 35.9 Å². The van der Waals surface area contributed by atoms with Gasteiger partial charge in [0.2, 0.25) is 0 Å². The summed E-state index contributed by atoms with van der Waals surface area (Å²) < 4.78 is 28.6. The van der Waals surface area contributed by atoms with Crippen LogP contribution in [0.15, 0.2) is 30.3 Å². The van der Waals surface area contributed by atoms with Gasteiger partial charge >= 0.3 is 0 Å². The molecule has 0 unspecified atom stereocenters. The minimum Gasteiger partial charge on any atom is -0.330 e. The number of nitrogens with zero attached hydrogens (tertiary/aromatic N) is 1. The van der Waals surface area contributed by atoms with Gasteiger partial charge < -0.3 is 5.73 Å². The average Bonchev–Trinajstić information content (AvgIpc) is 2.53. The van der Waals surface area contributed by atoms with Crippen LogP contribution < -0.4 is 10.5 Å². The van der Waals surface area contributed by atoms with Crippen LogP contribution in [-0.2, 0) is 16.6 Å². The molecule has 1 aromatic carbocycles. The summed E-state index contributed by atoms with van der Waals surface area (Å²) in [7, 11) is -3.33. The summed E-state index contributed by atoms with van der Waals surface area (Å²) in [5, 5.41) is 0. The number of rotatable bonds is 7. The molecule has 0 aromatic heterocycles. The molecule has 0 radical (unpaired) electrons. The van der Waals surface area contributed by atoms with Gasteiger partial charge in [-0.15, -0.1) is 0 Å². The standard InChI is InChI=1S/C15H25N3O2S/c16-13-15-8-11-18(12-9-15)21(19,20)17-10-4-7-14-5-2-1-3-6-14/h1-3,5-6,15,17H,4,7-13,16H2. The Morgan fingerprint density at radius 2 is 1.86 bits per heavy atom. The number of piperidine rings is 1. The smallest absolute Gasteiger partial charge is 0.279 e. The van der Waals surface area contributed by atoms with Crippen molar-refractivity contribution in [1.82, 2.24) is 9.03 Å². The first-order chi connectivity index (χ1) is 10.1. The first-order valence-electron chi connectivity index (χ1n) is 7.60. The van der Waals surface area contributed by atoms with Crippen LogP contribution in [0, 0.1) is 5.92 Å². The lowest BCUT2D eigenvalue weighted by Crippen LogP contribution is -2.46. The van der Waals surface area contributed by atoms with Crippen LogP contribution >= 0.6 is 0 Å². The summed E-state index contributed by atoms with van der Waals surface area (Å²) in [5.41, 5.74) is 6.86. The zero-order valence-corrected chi connectivity index (χ0v) is 13.2. The van der Waals surface area contributed by atoms with Gasteiger partial charge in [0.05, 0.1) is 0 Å². The summed E-state index contributed by atoms with van der Waals surface area (Å²) in [4.78, 5) is 0. The SMILES string of the molecule is NCC1CCN(S(=O)(=O)NCCCc2ccccc2)CC1. The van der Waals surface area contributed by atoms with E-state index in [4.69, 9.17) is 5.73 Å². The molecule has 1 heterocycles. The van der Waals surface area contributed by atoms with E-state index in [9.17, 15) is 8.42 Å². The van der Waals surface area contributed by atoms with Crippen LogP contribution in [0.25, 0.3) is 0 Å². The highest BCUT2D eigenvalue weighted by atomic mass is 32.2. The van der Waals surface area contributed by atoms with Gasteiger partial charge in [-0.25, -0.2) is 4.72 Å². The molecular formula is C15H25N3O2S. The van der Waals surface area contributed by atoms with Crippen molar-refractivity contribution < 1.29 is 8.42 Å². The van der Waals surface area contributed by atoms with E-state index in [1.807, 2.05) is 18.2 Å². The zero-order chi connectivity index (χ0) is 15.1. The topological polar surface area (TPSA) is 75.4 Å². The van der Waals surface area contributed by atoms with E-state index >= 15 is 0 Å². The highest BCUT2D eigenvalue weighted by Crippen LogP contribution is 2.17. The largest absolute Gasteiger partial charge is 0.330 e. The molecule has 5 nitrogen and oxygen atoms in total. The van der Waals surface area contributed by atoms with Crippen LogP contribution in [0.4, 0.5) is 0 Å². The molecule has 1 aliphatic rings. The van der Waals surface area contributed by atoms with Gasteiger partial charge in [0, 0.05) is 19.6 Å². The van der Waals surface area contributed by atoms with Crippen molar-refractivity contribution >= 4 is 10.2 Å². The van der Waals surface area contributed by atoms with Crippen molar-refractivity contribution in [2.24, 2.45) is 11.7 Å². The molecule has 3 N–H and O–H groups in total. The molecule has 0 amide bonds. The fraction of sp³-hybridized carbons (Fsp3) is 0.600. The molecule has 0 aliphatic carbocycles. The molecule has 2 rings (SSSR count). The monoisotopic (exact) mass is 311 g/mol. The Balaban J connectivity index is 1.72. The first-order valence-corrected chi connectivity index (χ1v) is 9.04. The van der Waals surface area contributed by atoms with Crippen molar-refractivity contribution in [3.63, 3.8) is 0 Å². The highest BCUT2D eigenvalue weighted by molar-refractivity contribution is 7.87. The Kier molecular flexibility index (Phi) is 6.17. The van der Waals surface area contributed by atoms with E-state index in [0.29, 0.717) is 32.1 Å². The van der Waals surface area contributed by atoms with E-state index in [1.165, 1.54) is 5.56 Å². The van der Waals surface area contributed by atoms with Crippen molar-refractivity contribution in [1.29, 1.82) is 0 Å². The number of benzene rings is 1. The number of hydrogen-bond donors (Lipinski definition) is 2. The van der Waals surface area contributed by atoms with Crippen LogP contribution in [0.1, 0.15) is 24.8 Å². The third-order valence-corrected chi connectivity index (χ3v) is 5.63. The average molecular weight is 311 g/mol. The molecule has 0 atom stereocenters. The number of nitrogens with one attached hydrogen (secondary N) is 1. The Hall–Kier alpha value is -0.950. The summed E-state index contributed by atoms with van der Waals surface area (Å²) >= 11 is 0. The second kappa shape index (κ2) is 7.89. The van der Waals surface area contributed by atoms with E-state index in [1.54, 1.807) is 4.31 Å². The van der Waals surface area contributed by atoms with Crippen LogP contribution in [-0.4, -0.2) is 38.9 Å². The maximum Gasteiger partial charge on any atom is 0.279 e. The summed E-state index contributed by atoms with van der Waals surface area (Å²) in [5.74, 6) is 0.467. The lowest BCUT2D eigenvalue weighted by atomic mass is 9.99. The number of nitrogens with two attached hydrogens (primary N) is 1. The van der Waals surface area contributed by atoms with Gasteiger partial charge in [-0.1, -0.05) is 30.3 Å². The lowest BCUT2D eigenvalue weighted by molar-refractivity contribution is 0.276. The molecule has 1 aromatic rings. The molecule has 1 saturated heterocycles. The van der Waals surface area contributed by atoms with Gasteiger partial charge in [0.25, 0.3) is 10.2 Å². The number of hydrogen-bond acceptors (Lipinski definition) is 3. The second-order valence-electron chi connectivity index (χ2n) is 5.57. The van der Waals surface area contributed by atoms with Gasteiger partial charge in [0.15, 0.2) is 0 Å². The third-order valence-electron chi connectivity index (χ3n) is 4.02. The van der Waals surface area contributed by atoms with Gasteiger partial charge in [-0.3, -0.25) is 0 Å². The molecule has 118 valence electrons. The van der Waals surface area contributed by atoms with Gasteiger partial charge in [-0.05, 0) is 43.7 Å². The maximum absolute atomic E-state index is 12.2. The molecule has 0 bridgehead atoms. The zero-order valence-electron chi connectivity index (χ0n) is 12.4. The molecule has 21 heavy (non-hydrogen) atoms. The first kappa shape index (κ1) is 16.4. The van der Waals surface area contributed by atoms with Gasteiger partial charge in [-0.2, -0.15) is 12.7 Å². The normalized spacial score (nSPS) is 18.0. The summed E-state index contributed by atoms with van der Waals surface area (Å²) in [6, 6.07) is 10.1. The van der Waals surface area contributed by atoms with Crippen molar-refractivity contribution in [3.8, 4) is 0 Å². The molecule has 1 fully saturated rings. The van der Waals surface area contributed by atoms with E-state index in [0.717, 1.165) is 25.7 Å². The second-order valence-corrected chi connectivity index (χ2v) is 7.32. The fourth-order valence-electron chi connectivity index (χ4n) is 2.61. The highest BCUT2D eigenvalue weighted by Gasteiger charge is 2.26.